The van der Waals surface area contributed by atoms with Crippen molar-refractivity contribution >= 4 is 11.6 Å². The number of furan rings is 1. The van der Waals surface area contributed by atoms with E-state index < -0.39 is 0 Å². The number of hydrogen-bond acceptors (Lipinski definition) is 2. The molecule has 0 fully saturated rings. The molecular weight excluding hydrogens is 270 g/mol. The minimum atomic E-state index is 0.0626. The smallest absolute Gasteiger partial charge is 0.125 e. The fraction of sp³-hybridized carbons (Fsp3) is 0.412. The van der Waals surface area contributed by atoms with E-state index in [4.69, 9.17) is 16.0 Å². The third-order valence-corrected chi connectivity index (χ3v) is 3.53. The first-order valence-corrected chi connectivity index (χ1v) is 7.61. The van der Waals surface area contributed by atoms with E-state index in [1.807, 2.05) is 18.2 Å². The molecule has 0 saturated heterocycles. The van der Waals surface area contributed by atoms with Gasteiger partial charge in [0.2, 0.25) is 0 Å². The number of benzene rings is 1. The van der Waals surface area contributed by atoms with Gasteiger partial charge in [0.25, 0.3) is 0 Å². The third kappa shape index (κ3) is 3.65. The quantitative estimate of drug-likeness (QED) is 0.819. The molecule has 0 aliphatic heterocycles. The lowest BCUT2D eigenvalue weighted by Crippen LogP contribution is -2.22. The SMILES string of the molecule is CCCNC(c1cc(C)cc(Cl)c1)c1ccc(CC)o1. The Morgan fingerprint density at radius 3 is 2.60 bits per heavy atom. The largest absolute Gasteiger partial charge is 0.464 e. The molecule has 0 radical (unpaired) electrons. The van der Waals surface area contributed by atoms with Crippen molar-refractivity contribution in [2.75, 3.05) is 6.54 Å². The molecule has 2 aromatic rings. The maximum absolute atomic E-state index is 6.19. The molecule has 2 rings (SSSR count). The van der Waals surface area contributed by atoms with Crippen molar-refractivity contribution in [3.05, 3.63) is 58.0 Å². The maximum Gasteiger partial charge on any atom is 0.125 e. The second kappa shape index (κ2) is 6.96. The van der Waals surface area contributed by atoms with E-state index in [2.05, 4.69) is 38.2 Å². The van der Waals surface area contributed by atoms with Crippen LogP contribution in [-0.4, -0.2) is 6.54 Å². The van der Waals surface area contributed by atoms with Gasteiger partial charge in [0.15, 0.2) is 0 Å². The number of rotatable bonds is 6. The van der Waals surface area contributed by atoms with Crippen LogP contribution in [0.4, 0.5) is 0 Å². The van der Waals surface area contributed by atoms with Gasteiger partial charge >= 0.3 is 0 Å². The first-order chi connectivity index (χ1) is 9.63. The summed E-state index contributed by atoms with van der Waals surface area (Å²) >= 11 is 6.19. The highest BCUT2D eigenvalue weighted by Crippen LogP contribution is 2.27. The molecule has 1 N–H and O–H groups in total. The lowest BCUT2D eigenvalue weighted by Gasteiger charge is -2.18. The highest BCUT2D eigenvalue weighted by Gasteiger charge is 2.17. The first kappa shape index (κ1) is 15.1. The van der Waals surface area contributed by atoms with Gasteiger partial charge in [0.05, 0.1) is 6.04 Å². The molecule has 1 heterocycles. The molecular formula is C17H22ClNO. The Bertz CT molecular complexity index is 542. The molecule has 3 heteroatoms. The van der Waals surface area contributed by atoms with Crippen LogP contribution in [0.25, 0.3) is 0 Å². The minimum absolute atomic E-state index is 0.0626. The molecule has 108 valence electrons. The Morgan fingerprint density at radius 1 is 1.20 bits per heavy atom. The van der Waals surface area contributed by atoms with Gasteiger partial charge in [-0.1, -0.05) is 31.5 Å². The average Bonchev–Trinajstić information content (AvgIpc) is 2.87. The van der Waals surface area contributed by atoms with Crippen molar-refractivity contribution < 1.29 is 4.42 Å². The first-order valence-electron chi connectivity index (χ1n) is 7.23. The van der Waals surface area contributed by atoms with Crippen LogP contribution in [0.1, 0.15) is 49.0 Å². The van der Waals surface area contributed by atoms with Crippen LogP contribution in [0.15, 0.2) is 34.7 Å². The Hall–Kier alpha value is -1.25. The van der Waals surface area contributed by atoms with E-state index in [1.54, 1.807) is 0 Å². The molecule has 0 spiro atoms. The van der Waals surface area contributed by atoms with E-state index in [0.29, 0.717) is 0 Å². The van der Waals surface area contributed by atoms with Gasteiger partial charge in [-0.15, -0.1) is 0 Å². The molecule has 2 nitrogen and oxygen atoms in total. The fourth-order valence-corrected chi connectivity index (χ4v) is 2.64. The van der Waals surface area contributed by atoms with Crippen LogP contribution in [0.2, 0.25) is 5.02 Å². The highest BCUT2D eigenvalue weighted by atomic mass is 35.5. The molecule has 0 bridgehead atoms. The lowest BCUT2D eigenvalue weighted by molar-refractivity contribution is 0.422. The Kier molecular flexibility index (Phi) is 5.27. The lowest BCUT2D eigenvalue weighted by atomic mass is 10.0. The van der Waals surface area contributed by atoms with Crippen molar-refractivity contribution in [3.63, 3.8) is 0 Å². The number of aryl methyl sites for hydroxylation is 2. The average molecular weight is 292 g/mol. The molecule has 1 atom stereocenters. The zero-order valence-electron chi connectivity index (χ0n) is 12.4. The summed E-state index contributed by atoms with van der Waals surface area (Å²) in [6, 6.07) is 10.3. The molecule has 20 heavy (non-hydrogen) atoms. The zero-order chi connectivity index (χ0) is 14.5. The Balaban J connectivity index is 2.35. The number of halogens is 1. The van der Waals surface area contributed by atoms with Crippen LogP contribution in [-0.2, 0) is 6.42 Å². The highest BCUT2D eigenvalue weighted by molar-refractivity contribution is 6.30. The van der Waals surface area contributed by atoms with Gasteiger partial charge in [0.1, 0.15) is 11.5 Å². The predicted octanol–water partition coefficient (Wildman–Crippen LogP) is 4.89. The van der Waals surface area contributed by atoms with E-state index in [0.717, 1.165) is 47.1 Å². The molecule has 0 aliphatic rings. The summed E-state index contributed by atoms with van der Waals surface area (Å²) in [6.45, 7) is 7.26. The second-order valence-corrected chi connectivity index (χ2v) is 5.54. The molecule has 1 unspecified atom stereocenters. The van der Waals surface area contributed by atoms with Gasteiger partial charge < -0.3 is 9.73 Å². The summed E-state index contributed by atoms with van der Waals surface area (Å²) < 4.78 is 5.92. The Labute approximate surface area is 126 Å². The van der Waals surface area contributed by atoms with Gasteiger partial charge in [0, 0.05) is 11.4 Å². The van der Waals surface area contributed by atoms with Gasteiger partial charge in [-0.05, 0) is 55.3 Å². The van der Waals surface area contributed by atoms with Crippen LogP contribution >= 0.6 is 11.6 Å². The summed E-state index contributed by atoms with van der Waals surface area (Å²) in [4.78, 5) is 0. The summed E-state index contributed by atoms with van der Waals surface area (Å²) in [5.74, 6) is 1.97. The topological polar surface area (TPSA) is 25.2 Å². The van der Waals surface area contributed by atoms with Crippen molar-refractivity contribution in [1.82, 2.24) is 5.32 Å². The molecule has 1 aromatic heterocycles. The Morgan fingerprint density at radius 2 is 2.00 bits per heavy atom. The zero-order valence-corrected chi connectivity index (χ0v) is 13.1. The standard InChI is InChI=1S/C17H22ClNO/c1-4-8-19-17(16-7-6-15(5-2)20-16)13-9-12(3)10-14(18)11-13/h6-7,9-11,17,19H,4-5,8H2,1-3H3. The predicted molar refractivity (Wildman–Crippen MR) is 84.4 cm³/mol. The minimum Gasteiger partial charge on any atom is -0.464 e. The molecule has 0 aliphatic carbocycles. The number of nitrogens with one attached hydrogen (secondary N) is 1. The second-order valence-electron chi connectivity index (χ2n) is 5.11. The van der Waals surface area contributed by atoms with Gasteiger partial charge in [-0.3, -0.25) is 0 Å². The van der Waals surface area contributed by atoms with E-state index in [9.17, 15) is 0 Å². The normalized spacial score (nSPS) is 12.6. The fourth-order valence-electron chi connectivity index (χ4n) is 2.34. The van der Waals surface area contributed by atoms with Gasteiger partial charge in [-0.2, -0.15) is 0 Å². The molecule has 0 saturated carbocycles. The summed E-state index contributed by atoms with van der Waals surface area (Å²) in [5.41, 5.74) is 2.32. The van der Waals surface area contributed by atoms with Crippen molar-refractivity contribution in [2.24, 2.45) is 0 Å². The van der Waals surface area contributed by atoms with Crippen LogP contribution in [0, 0.1) is 6.92 Å². The van der Waals surface area contributed by atoms with Crippen molar-refractivity contribution in [1.29, 1.82) is 0 Å². The van der Waals surface area contributed by atoms with Crippen molar-refractivity contribution in [2.45, 2.75) is 39.7 Å². The van der Waals surface area contributed by atoms with Crippen LogP contribution in [0.5, 0.6) is 0 Å². The van der Waals surface area contributed by atoms with Crippen molar-refractivity contribution in [3.8, 4) is 0 Å². The van der Waals surface area contributed by atoms with E-state index in [-0.39, 0.29) is 6.04 Å². The summed E-state index contributed by atoms with van der Waals surface area (Å²) in [5, 5.41) is 4.31. The maximum atomic E-state index is 6.19. The van der Waals surface area contributed by atoms with Crippen LogP contribution in [0.3, 0.4) is 0 Å². The molecule has 1 aromatic carbocycles. The number of hydrogen-bond donors (Lipinski definition) is 1. The summed E-state index contributed by atoms with van der Waals surface area (Å²) in [6.07, 6.45) is 1.99. The van der Waals surface area contributed by atoms with Gasteiger partial charge in [-0.25, -0.2) is 0 Å². The molecule has 0 amide bonds. The van der Waals surface area contributed by atoms with E-state index >= 15 is 0 Å². The van der Waals surface area contributed by atoms with Crippen LogP contribution < -0.4 is 5.32 Å². The third-order valence-electron chi connectivity index (χ3n) is 3.31. The monoisotopic (exact) mass is 291 g/mol. The van der Waals surface area contributed by atoms with E-state index in [1.165, 1.54) is 0 Å². The summed E-state index contributed by atoms with van der Waals surface area (Å²) in [7, 11) is 0.